The molecule has 0 radical (unpaired) electrons. The highest BCUT2D eigenvalue weighted by molar-refractivity contribution is 7.88. The number of hydrogen-bond donors (Lipinski definition) is 2. The van der Waals surface area contributed by atoms with E-state index in [1.165, 1.54) is 10.6 Å². The molecule has 1 aliphatic rings. The van der Waals surface area contributed by atoms with E-state index in [4.69, 9.17) is 0 Å². The number of rotatable bonds is 3. The van der Waals surface area contributed by atoms with Crippen LogP contribution in [0.5, 0.6) is 0 Å². The molecule has 1 atom stereocenters. The lowest BCUT2D eigenvalue weighted by atomic mass is 10.2. The molecule has 102 valence electrons. The molecule has 2 N–H and O–H groups in total. The summed E-state index contributed by atoms with van der Waals surface area (Å²) in [6, 6.07) is 4.03. The zero-order chi connectivity index (χ0) is 13.5. The first-order chi connectivity index (χ1) is 9.04. The Morgan fingerprint density at radius 3 is 3.05 bits per heavy atom. The van der Waals surface area contributed by atoms with E-state index < -0.39 is 10.0 Å². The van der Waals surface area contributed by atoms with Crippen LogP contribution in [-0.4, -0.2) is 48.1 Å². The number of aromatic amines is 1. The van der Waals surface area contributed by atoms with E-state index in [-0.39, 0.29) is 6.04 Å². The average molecular weight is 280 g/mol. The molecule has 3 rings (SSSR count). The van der Waals surface area contributed by atoms with Crippen molar-refractivity contribution in [2.24, 2.45) is 0 Å². The van der Waals surface area contributed by atoms with E-state index >= 15 is 0 Å². The monoisotopic (exact) mass is 280 g/mol. The van der Waals surface area contributed by atoms with E-state index in [1.807, 2.05) is 18.3 Å². The highest BCUT2D eigenvalue weighted by atomic mass is 32.2. The van der Waals surface area contributed by atoms with Crippen LogP contribution in [0.1, 0.15) is 6.42 Å². The summed E-state index contributed by atoms with van der Waals surface area (Å²) in [7, 11) is -3.08. The lowest BCUT2D eigenvalue weighted by Gasteiger charge is -2.16. The number of H-pyrrole nitrogens is 1. The van der Waals surface area contributed by atoms with E-state index in [1.54, 1.807) is 6.20 Å². The predicted octanol–water partition coefficient (Wildman–Crippen LogP) is 1.01. The predicted molar refractivity (Wildman–Crippen MR) is 74.5 cm³/mol. The van der Waals surface area contributed by atoms with Crippen molar-refractivity contribution in [3.63, 3.8) is 0 Å². The summed E-state index contributed by atoms with van der Waals surface area (Å²) >= 11 is 0. The van der Waals surface area contributed by atoms with Crippen LogP contribution in [-0.2, 0) is 10.0 Å². The van der Waals surface area contributed by atoms with Gasteiger partial charge in [0.15, 0.2) is 0 Å². The lowest BCUT2D eigenvalue weighted by Crippen LogP contribution is -2.30. The van der Waals surface area contributed by atoms with E-state index in [0.717, 1.165) is 23.1 Å². The van der Waals surface area contributed by atoms with Crippen molar-refractivity contribution in [1.29, 1.82) is 0 Å². The molecule has 0 bridgehead atoms. The van der Waals surface area contributed by atoms with Gasteiger partial charge in [-0.05, 0) is 18.6 Å². The standard InChI is InChI=1S/C12H16N4O2S/c1-19(17,18)16-7-4-9(8-16)15-11-3-6-14-12-10(11)2-5-13-12/h2-3,5-6,9H,4,7-8H2,1H3,(H2,13,14,15)/t9-/m1/s1. The molecule has 2 aromatic rings. The first-order valence-electron chi connectivity index (χ1n) is 6.18. The molecule has 3 heterocycles. The third kappa shape index (κ3) is 2.43. The SMILES string of the molecule is CS(=O)(=O)N1CC[C@@H](Nc2ccnc3[nH]ccc23)C1. The van der Waals surface area contributed by atoms with Crippen LogP contribution in [0, 0.1) is 0 Å². The molecule has 1 saturated heterocycles. The van der Waals surface area contributed by atoms with Crippen molar-refractivity contribution in [3.8, 4) is 0 Å². The molecule has 1 aliphatic heterocycles. The molecular formula is C12H16N4O2S. The van der Waals surface area contributed by atoms with Crippen LogP contribution in [0.3, 0.4) is 0 Å². The minimum absolute atomic E-state index is 0.148. The fourth-order valence-corrected chi connectivity index (χ4v) is 3.34. The van der Waals surface area contributed by atoms with Gasteiger partial charge in [0, 0.05) is 42.6 Å². The van der Waals surface area contributed by atoms with Crippen LogP contribution in [0.15, 0.2) is 24.5 Å². The zero-order valence-electron chi connectivity index (χ0n) is 10.6. The maximum Gasteiger partial charge on any atom is 0.211 e. The summed E-state index contributed by atoms with van der Waals surface area (Å²) in [6.45, 7) is 1.10. The summed E-state index contributed by atoms with van der Waals surface area (Å²) in [5.41, 5.74) is 1.83. The highest BCUT2D eigenvalue weighted by Gasteiger charge is 2.28. The molecule has 7 heteroatoms. The van der Waals surface area contributed by atoms with Crippen LogP contribution in [0.4, 0.5) is 5.69 Å². The molecule has 6 nitrogen and oxygen atoms in total. The molecule has 19 heavy (non-hydrogen) atoms. The number of pyridine rings is 1. The van der Waals surface area contributed by atoms with E-state index in [2.05, 4.69) is 15.3 Å². The van der Waals surface area contributed by atoms with Gasteiger partial charge in [-0.15, -0.1) is 0 Å². The number of nitrogens with one attached hydrogen (secondary N) is 2. The van der Waals surface area contributed by atoms with Crippen LogP contribution < -0.4 is 5.32 Å². The van der Waals surface area contributed by atoms with Gasteiger partial charge in [0.2, 0.25) is 10.0 Å². The van der Waals surface area contributed by atoms with Gasteiger partial charge in [-0.1, -0.05) is 0 Å². The van der Waals surface area contributed by atoms with Gasteiger partial charge in [0.25, 0.3) is 0 Å². The fourth-order valence-electron chi connectivity index (χ4n) is 2.45. The number of nitrogens with zero attached hydrogens (tertiary/aromatic N) is 2. The molecular weight excluding hydrogens is 264 g/mol. The second kappa shape index (κ2) is 4.50. The average Bonchev–Trinajstić information content (AvgIpc) is 2.96. The largest absolute Gasteiger partial charge is 0.380 e. The zero-order valence-corrected chi connectivity index (χ0v) is 11.4. The summed E-state index contributed by atoms with van der Waals surface area (Å²) < 4.78 is 24.5. The number of anilines is 1. The second-order valence-electron chi connectivity index (χ2n) is 4.85. The Hall–Kier alpha value is -1.60. The van der Waals surface area contributed by atoms with Crippen molar-refractivity contribution >= 4 is 26.7 Å². The molecule has 0 amide bonds. The molecule has 0 saturated carbocycles. The minimum atomic E-state index is -3.08. The lowest BCUT2D eigenvalue weighted by molar-refractivity contribution is 0.480. The van der Waals surface area contributed by atoms with Gasteiger partial charge in [0.05, 0.1) is 6.26 Å². The first kappa shape index (κ1) is 12.4. The van der Waals surface area contributed by atoms with E-state index in [9.17, 15) is 8.42 Å². The normalized spacial score (nSPS) is 21.0. The molecule has 0 spiro atoms. The molecule has 0 unspecified atom stereocenters. The molecule has 0 aromatic carbocycles. The van der Waals surface area contributed by atoms with Gasteiger partial charge in [0.1, 0.15) is 5.65 Å². The number of sulfonamides is 1. The van der Waals surface area contributed by atoms with Crippen molar-refractivity contribution in [3.05, 3.63) is 24.5 Å². The summed E-state index contributed by atoms with van der Waals surface area (Å²) in [5, 5.41) is 4.43. The van der Waals surface area contributed by atoms with Crippen molar-refractivity contribution in [2.45, 2.75) is 12.5 Å². The van der Waals surface area contributed by atoms with Crippen molar-refractivity contribution in [1.82, 2.24) is 14.3 Å². The number of hydrogen-bond acceptors (Lipinski definition) is 4. The Bertz CT molecular complexity index is 695. The van der Waals surface area contributed by atoms with E-state index in [0.29, 0.717) is 13.1 Å². The van der Waals surface area contributed by atoms with Gasteiger partial charge >= 0.3 is 0 Å². The molecule has 1 fully saturated rings. The number of aromatic nitrogens is 2. The first-order valence-corrected chi connectivity index (χ1v) is 8.02. The maximum atomic E-state index is 11.5. The fraction of sp³-hybridized carbons (Fsp3) is 0.417. The van der Waals surface area contributed by atoms with Crippen LogP contribution in [0.2, 0.25) is 0 Å². The third-order valence-electron chi connectivity index (χ3n) is 3.44. The quantitative estimate of drug-likeness (QED) is 0.879. The molecule has 2 aromatic heterocycles. The summed E-state index contributed by atoms with van der Waals surface area (Å²) in [4.78, 5) is 7.29. The smallest absolute Gasteiger partial charge is 0.211 e. The Morgan fingerprint density at radius 1 is 1.47 bits per heavy atom. The third-order valence-corrected chi connectivity index (χ3v) is 4.71. The van der Waals surface area contributed by atoms with Crippen molar-refractivity contribution in [2.75, 3.05) is 24.7 Å². The van der Waals surface area contributed by atoms with Crippen LogP contribution >= 0.6 is 0 Å². The highest BCUT2D eigenvalue weighted by Crippen LogP contribution is 2.23. The van der Waals surface area contributed by atoms with Crippen LogP contribution in [0.25, 0.3) is 11.0 Å². The summed E-state index contributed by atoms with van der Waals surface area (Å²) in [5.74, 6) is 0. The Balaban J connectivity index is 1.78. The molecule has 0 aliphatic carbocycles. The second-order valence-corrected chi connectivity index (χ2v) is 6.83. The van der Waals surface area contributed by atoms with Gasteiger partial charge in [-0.25, -0.2) is 17.7 Å². The van der Waals surface area contributed by atoms with Gasteiger partial charge in [-0.2, -0.15) is 0 Å². The Kier molecular flexibility index (Phi) is 2.94. The topological polar surface area (TPSA) is 78.1 Å². The Morgan fingerprint density at radius 2 is 2.32 bits per heavy atom. The minimum Gasteiger partial charge on any atom is -0.380 e. The number of fused-ring (bicyclic) bond motifs is 1. The van der Waals surface area contributed by atoms with Gasteiger partial charge in [-0.3, -0.25) is 0 Å². The maximum absolute atomic E-state index is 11.5. The van der Waals surface area contributed by atoms with Gasteiger partial charge < -0.3 is 10.3 Å². The summed E-state index contributed by atoms with van der Waals surface area (Å²) in [6.07, 6.45) is 5.66. The van der Waals surface area contributed by atoms with Crippen molar-refractivity contribution < 1.29 is 8.42 Å². The Labute approximate surface area is 111 Å².